The van der Waals surface area contributed by atoms with E-state index in [4.69, 9.17) is 15.6 Å². The standard InChI is InChI=1S/C12H17N3O4/c13-11-6-2-1-3-7(6)15(12(18)14-11)10-4-8(17)9(5-16)19-10/h8-10,16-17H,1-5H2,(H2,13,14,18)/t8-,9+,10+/m0/s1. The molecule has 1 aliphatic heterocycles. The van der Waals surface area contributed by atoms with E-state index in [2.05, 4.69) is 4.98 Å². The van der Waals surface area contributed by atoms with E-state index in [1.54, 1.807) is 0 Å². The largest absolute Gasteiger partial charge is 0.394 e. The van der Waals surface area contributed by atoms with E-state index in [0.29, 0.717) is 5.82 Å². The van der Waals surface area contributed by atoms with Gasteiger partial charge in [-0.2, -0.15) is 4.98 Å². The first-order chi connectivity index (χ1) is 9.11. The number of nitrogens with two attached hydrogens (primary N) is 1. The van der Waals surface area contributed by atoms with Crippen molar-refractivity contribution in [1.82, 2.24) is 9.55 Å². The Labute approximate surface area is 109 Å². The highest BCUT2D eigenvalue weighted by Crippen LogP contribution is 2.32. The number of ether oxygens (including phenoxy) is 1. The Morgan fingerprint density at radius 2 is 2.26 bits per heavy atom. The molecule has 1 aliphatic carbocycles. The van der Waals surface area contributed by atoms with E-state index in [1.807, 2.05) is 0 Å². The fourth-order valence-electron chi connectivity index (χ4n) is 2.94. The Morgan fingerprint density at radius 3 is 2.95 bits per heavy atom. The summed E-state index contributed by atoms with van der Waals surface area (Å²) in [5.74, 6) is 0.297. The van der Waals surface area contributed by atoms with Gasteiger partial charge in [0.2, 0.25) is 0 Å². The van der Waals surface area contributed by atoms with E-state index in [-0.39, 0.29) is 13.0 Å². The Bertz CT molecular complexity index is 557. The minimum Gasteiger partial charge on any atom is -0.394 e. The van der Waals surface area contributed by atoms with Gasteiger partial charge in [0.25, 0.3) is 0 Å². The van der Waals surface area contributed by atoms with Crippen LogP contribution in [0.4, 0.5) is 5.82 Å². The Kier molecular flexibility index (Phi) is 3.04. The molecule has 0 radical (unpaired) electrons. The van der Waals surface area contributed by atoms with Crippen LogP contribution in [0, 0.1) is 0 Å². The second-order valence-electron chi connectivity index (χ2n) is 5.04. The Morgan fingerprint density at radius 1 is 1.47 bits per heavy atom. The summed E-state index contributed by atoms with van der Waals surface area (Å²) >= 11 is 0. The van der Waals surface area contributed by atoms with Gasteiger partial charge in [-0.3, -0.25) is 4.57 Å². The number of aliphatic hydroxyl groups excluding tert-OH is 2. The molecule has 2 heterocycles. The first kappa shape index (κ1) is 12.6. The van der Waals surface area contributed by atoms with Gasteiger partial charge in [-0.05, 0) is 19.3 Å². The molecule has 0 bridgehead atoms. The lowest BCUT2D eigenvalue weighted by Crippen LogP contribution is -2.31. The molecule has 104 valence electrons. The second-order valence-corrected chi connectivity index (χ2v) is 5.04. The van der Waals surface area contributed by atoms with Crippen molar-refractivity contribution in [3.05, 3.63) is 21.7 Å². The summed E-state index contributed by atoms with van der Waals surface area (Å²) < 4.78 is 7.02. The van der Waals surface area contributed by atoms with Gasteiger partial charge in [0.1, 0.15) is 18.1 Å². The summed E-state index contributed by atoms with van der Waals surface area (Å²) in [7, 11) is 0. The molecule has 1 saturated heterocycles. The van der Waals surface area contributed by atoms with Crippen LogP contribution in [0.3, 0.4) is 0 Å². The number of nitrogen functional groups attached to an aromatic ring is 1. The average molecular weight is 267 g/mol. The van der Waals surface area contributed by atoms with Gasteiger partial charge >= 0.3 is 5.69 Å². The molecule has 2 aliphatic rings. The number of rotatable bonds is 2. The number of aliphatic hydroxyl groups is 2. The number of nitrogens with zero attached hydrogens (tertiary/aromatic N) is 2. The van der Waals surface area contributed by atoms with Crippen molar-refractivity contribution in [3.8, 4) is 0 Å². The minimum absolute atomic E-state index is 0.267. The highest BCUT2D eigenvalue weighted by atomic mass is 16.5. The van der Waals surface area contributed by atoms with Gasteiger partial charge in [0, 0.05) is 17.7 Å². The lowest BCUT2D eigenvalue weighted by molar-refractivity contribution is -0.0466. The number of hydrogen-bond acceptors (Lipinski definition) is 6. The van der Waals surface area contributed by atoms with Crippen molar-refractivity contribution in [2.75, 3.05) is 12.3 Å². The Hall–Kier alpha value is -1.44. The summed E-state index contributed by atoms with van der Waals surface area (Å²) in [6, 6.07) is 0. The van der Waals surface area contributed by atoms with E-state index < -0.39 is 24.1 Å². The molecule has 3 atom stereocenters. The molecule has 1 aromatic rings. The van der Waals surface area contributed by atoms with Crippen LogP contribution in [0.2, 0.25) is 0 Å². The molecule has 7 nitrogen and oxygen atoms in total. The lowest BCUT2D eigenvalue weighted by Gasteiger charge is -2.18. The molecule has 1 aromatic heterocycles. The van der Waals surface area contributed by atoms with Crippen LogP contribution in [-0.2, 0) is 17.6 Å². The molecule has 0 aromatic carbocycles. The summed E-state index contributed by atoms with van der Waals surface area (Å²) in [4.78, 5) is 15.9. The summed E-state index contributed by atoms with van der Waals surface area (Å²) in [5, 5.41) is 18.9. The van der Waals surface area contributed by atoms with Crippen molar-refractivity contribution in [2.45, 2.75) is 44.1 Å². The fraction of sp³-hybridized carbons (Fsp3) is 0.667. The number of fused-ring (bicyclic) bond motifs is 1. The van der Waals surface area contributed by atoms with Crippen LogP contribution in [0.5, 0.6) is 0 Å². The van der Waals surface area contributed by atoms with Crippen LogP contribution < -0.4 is 11.4 Å². The molecule has 3 rings (SSSR count). The number of aromatic nitrogens is 2. The maximum Gasteiger partial charge on any atom is 0.351 e. The van der Waals surface area contributed by atoms with Crippen LogP contribution in [0.25, 0.3) is 0 Å². The molecule has 0 saturated carbocycles. The van der Waals surface area contributed by atoms with Crippen LogP contribution in [-0.4, -0.2) is 38.6 Å². The molecular weight excluding hydrogens is 250 g/mol. The van der Waals surface area contributed by atoms with Gasteiger partial charge in [-0.15, -0.1) is 0 Å². The average Bonchev–Trinajstić information content (AvgIpc) is 2.96. The Balaban J connectivity index is 2.03. The number of anilines is 1. The maximum absolute atomic E-state index is 12.0. The summed E-state index contributed by atoms with van der Waals surface area (Å²) in [6.07, 6.45) is 0.805. The molecule has 0 spiro atoms. The van der Waals surface area contributed by atoms with Gasteiger partial charge in [0.15, 0.2) is 0 Å². The predicted molar refractivity (Wildman–Crippen MR) is 66.6 cm³/mol. The van der Waals surface area contributed by atoms with E-state index in [0.717, 1.165) is 30.5 Å². The van der Waals surface area contributed by atoms with Crippen molar-refractivity contribution in [1.29, 1.82) is 0 Å². The SMILES string of the molecule is Nc1nc(=O)n([C@H]2C[C@H](O)[C@@H](CO)O2)c2c1CCC2. The third kappa shape index (κ3) is 1.94. The van der Waals surface area contributed by atoms with Crippen LogP contribution in [0.1, 0.15) is 30.3 Å². The second kappa shape index (κ2) is 4.59. The van der Waals surface area contributed by atoms with Gasteiger partial charge in [-0.1, -0.05) is 0 Å². The molecule has 7 heteroatoms. The van der Waals surface area contributed by atoms with Crippen molar-refractivity contribution in [3.63, 3.8) is 0 Å². The van der Waals surface area contributed by atoms with Crippen molar-refractivity contribution < 1.29 is 14.9 Å². The van der Waals surface area contributed by atoms with Gasteiger partial charge in [-0.25, -0.2) is 4.79 Å². The smallest absolute Gasteiger partial charge is 0.351 e. The topological polar surface area (TPSA) is 111 Å². The molecular formula is C12H17N3O4. The van der Waals surface area contributed by atoms with Gasteiger partial charge < -0.3 is 20.7 Å². The molecule has 0 unspecified atom stereocenters. The first-order valence-corrected chi connectivity index (χ1v) is 6.46. The molecule has 0 amide bonds. The number of hydrogen-bond donors (Lipinski definition) is 3. The van der Waals surface area contributed by atoms with E-state index in [1.165, 1.54) is 4.57 Å². The lowest BCUT2D eigenvalue weighted by atomic mass is 10.2. The van der Waals surface area contributed by atoms with Crippen molar-refractivity contribution >= 4 is 5.82 Å². The fourth-order valence-corrected chi connectivity index (χ4v) is 2.94. The van der Waals surface area contributed by atoms with Crippen LogP contribution >= 0.6 is 0 Å². The zero-order chi connectivity index (χ0) is 13.6. The molecule has 1 fully saturated rings. The predicted octanol–water partition coefficient (Wildman–Crippen LogP) is -1.05. The minimum atomic E-state index is -0.767. The van der Waals surface area contributed by atoms with E-state index in [9.17, 15) is 9.90 Å². The van der Waals surface area contributed by atoms with E-state index >= 15 is 0 Å². The van der Waals surface area contributed by atoms with Gasteiger partial charge in [0.05, 0.1) is 12.7 Å². The molecule has 19 heavy (non-hydrogen) atoms. The zero-order valence-corrected chi connectivity index (χ0v) is 10.5. The highest BCUT2D eigenvalue weighted by molar-refractivity contribution is 5.44. The van der Waals surface area contributed by atoms with Crippen molar-refractivity contribution in [2.24, 2.45) is 0 Å². The monoisotopic (exact) mass is 267 g/mol. The first-order valence-electron chi connectivity index (χ1n) is 6.46. The normalized spacial score (nSPS) is 29.7. The van der Waals surface area contributed by atoms with Crippen LogP contribution in [0.15, 0.2) is 4.79 Å². The third-order valence-corrected chi connectivity index (χ3v) is 3.88. The maximum atomic E-state index is 12.0. The summed E-state index contributed by atoms with van der Waals surface area (Å²) in [6.45, 7) is -0.267. The highest BCUT2D eigenvalue weighted by Gasteiger charge is 2.37. The zero-order valence-electron chi connectivity index (χ0n) is 10.5. The third-order valence-electron chi connectivity index (χ3n) is 3.88. The summed E-state index contributed by atoms with van der Waals surface area (Å²) in [5.41, 5.74) is 7.08. The quantitative estimate of drug-likeness (QED) is 0.631. The molecule has 4 N–H and O–H groups in total.